The van der Waals surface area contributed by atoms with Gasteiger partial charge in [-0.2, -0.15) is 0 Å². The van der Waals surface area contributed by atoms with Gasteiger partial charge in [-0.3, -0.25) is 4.79 Å². The molecule has 0 saturated carbocycles. The van der Waals surface area contributed by atoms with Gasteiger partial charge in [-0.05, 0) is 43.5 Å². The van der Waals surface area contributed by atoms with Gasteiger partial charge in [-0.1, -0.05) is 19.9 Å². The molecule has 0 aliphatic carbocycles. The first-order chi connectivity index (χ1) is 8.47. The van der Waals surface area contributed by atoms with Crippen LogP contribution in [0.1, 0.15) is 36.2 Å². The van der Waals surface area contributed by atoms with E-state index in [1.165, 1.54) is 12.1 Å². The molecule has 1 saturated heterocycles. The molecular formula is C15H20FNO. The van der Waals surface area contributed by atoms with Gasteiger partial charge in [0.05, 0.1) is 0 Å². The molecule has 3 heteroatoms. The summed E-state index contributed by atoms with van der Waals surface area (Å²) in [7, 11) is 0. The van der Waals surface area contributed by atoms with Crippen LogP contribution in [0.5, 0.6) is 0 Å². The molecule has 2 rings (SSSR count). The van der Waals surface area contributed by atoms with Crippen molar-refractivity contribution in [2.75, 3.05) is 13.1 Å². The Labute approximate surface area is 108 Å². The van der Waals surface area contributed by atoms with Crippen LogP contribution in [-0.2, 0) is 0 Å². The molecular weight excluding hydrogens is 229 g/mol. The van der Waals surface area contributed by atoms with Crippen molar-refractivity contribution in [2.24, 2.45) is 11.3 Å². The van der Waals surface area contributed by atoms with Crippen molar-refractivity contribution in [3.63, 3.8) is 0 Å². The number of nitrogens with one attached hydrogen (secondary N) is 1. The minimum absolute atomic E-state index is 0.0829. The Morgan fingerprint density at radius 3 is 2.72 bits per heavy atom. The van der Waals surface area contributed by atoms with Crippen molar-refractivity contribution in [1.29, 1.82) is 0 Å². The Morgan fingerprint density at radius 1 is 1.44 bits per heavy atom. The van der Waals surface area contributed by atoms with Crippen LogP contribution >= 0.6 is 0 Å². The average Bonchev–Trinajstić information content (AvgIpc) is 2.82. The van der Waals surface area contributed by atoms with Crippen LogP contribution in [-0.4, -0.2) is 18.9 Å². The van der Waals surface area contributed by atoms with Gasteiger partial charge in [0, 0.05) is 17.5 Å². The molecule has 18 heavy (non-hydrogen) atoms. The molecule has 1 aromatic rings. The fraction of sp³-hybridized carbons (Fsp3) is 0.533. The van der Waals surface area contributed by atoms with Crippen LogP contribution in [0.2, 0.25) is 0 Å². The van der Waals surface area contributed by atoms with Gasteiger partial charge in [0.2, 0.25) is 0 Å². The minimum Gasteiger partial charge on any atom is -0.316 e. The highest BCUT2D eigenvalue weighted by molar-refractivity contribution is 6.02. The molecule has 1 fully saturated rings. The molecule has 1 heterocycles. The Kier molecular flexibility index (Phi) is 3.53. The molecule has 1 aliphatic heterocycles. The Balaban J connectivity index is 2.43. The topological polar surface area (TPSA) is 29.1 Å². The number of hydrogen-bond donors (Lipinski definition) is 1. The molecule has 0 spiro atoms. The summed E-state index contributed by atoms with van der Waals surface area (Å²) in [6, 6.07) is 4.46. The molecule has 1 atom stereocenters. The molecule has 1 N–H and O–H groups in total. The highest BCUT2D eigenvalue weighted by Crippen LogP contribution is 2.38. The number of hydrogen-bond acceptors (Lipinski definition) is 2. The van der Waals surface area contributed by atoms with E-state index >= 15 is 0 Å². The lowest BCUT2D eigenvalue weighted by atomic mass is 9.70. The monoisotopic (exact) mass is 249 g/mol. The number of aryl methyl sites for hydroxylation is 1. The van der Waals surface area contributed by atoms with Crippen LogP contribution in [0.4, 0.5) is 4.39 Å². The first-order valence-electron chi connectivity index (χ1n) is 6.49. The van der Waals surface area contributed by atoms with E-state index in [1.54, 1.807) is 6.07 Å². The maximum absolute atomic E-state index is 13.4. The van der Waals surface area contributed by atoms with Crippen LogP contribution in [0, 0.1) is 24.1 Å². The van der Waals surface area contributed by atoms with Gasteiger partial charge in [-0.15, -0.1) is 0 Å². The Morgan fingerprint density at radius 2 is 2.17 bits per heavy atom. The van der Waals surface area contributed by atoms with E-state index in [9.17, 15) is 9.18 Å². The van der Waals surface area contributed by atoms with E-state index in [4.69, 9.17) is 0 Å². The first kappa shape index (κ1) is 13.2. The molecule has 0 radical (unpaired) electrons. The quantitative estimate of drug-likeness (QED) is 0.834. The minimum atomic E-state index is -0.376. The summed E-state index contributed by atoms with van der Waals surface area (Å²) in [5.41, 5.74) is 1.01. The highest BCUT2D eigenvalue weighted by atomic mass is 19.1. The average molecular weight is 249 g/mol. The standard InChI is InChI=1S/C15H20FNO/c1-10(2)15(6-7-17-9-15)14(18)13-8-12(16)5-4-11(13)3/h4-5,8,10,17H,6-7,9H2,1-3H3. The number of rotatable bonds is 3. The van der Waals surface area contributed by atoms with Gasteiger partial charge in [0.1, 0.15) is 5.82 Å². The van der Waals surface area contributed by atoms with E-state index in [-0.39, 0.29) is 22.9 Å². The second kappa shape index (κ2) is 4.81. The van der Waals surface area contributed by atoms with Gasteiger partial charge in [0.25, 0.3) is 0 Å². The maximum atomic E-state index is 13.4. The smallest absolute Gasteiger partial charge is 0.170 e. The van der Waals surface area contributed by atoms with Gasteiger partial charge in [-0.25, -0.2) is 4.39 Å². The van der Waals surface area contributed by atoms with Crippen LogP contribution in [0.25, 0.3) is 0 Å². The third-order valence-electron chi connectivity index (χ3n) is 4.19. The van der Waals surface area contributed by atoms with E-state index in [1.807, 2.05) is 6.92 Å². The van der Waals surface area contributed by atoms with Gasteiger partial charge in [0.15, 0.2) is 5.78 Å². The van der Waals surface area contributed by atoms with Crippen molar-refractivity contribution < 1.29 is 9.18 Å². The van der Waals surface area contributed by atoms with Gasteiger partial charge < -0.3 is 5.32 Å². The lowest BCUT2D eigenvalue weighted by Crippen LogP contribution is -2.39. The molecule has 1 aromatic carbocycles. The molecule has 2 nitrogen and oxygen atoms in total. The summed E-state index contributed by atoms with van der Waals surface area (Å²) in [4.78, 5) is 12.8. The second-order valence-corrected chi connectivity index (χ2v) is 5.53. The number of Topliss-reactive ketones (excluding diaryl/α,β-unsaturated/α-hetero) is 1. The molecule has 0 amide bonds. The molecule has 1 aliphatic rings. The van der Waals surface area contributed by atoms with E-state index in [0.29, 0.717) is 12.1 Å². The highest BCUT2D eigenvalue weighted by Gasteiger charge is 2.44. The molecule has 1 unspecified atom stereocenters. The number of carbonyl (C=O) groups excluding carboxylic acids is 1. The van der Waals surface area contributed by atoms with Crippen LogP contribution in [0.15, 0.2) is 18.2 Å². The van der Waals surface area contributed by atoms with E-state index in [0.717, 1.165) is 18.5 Å². The van der Waals surface area contributed by atoms with Crippen molar-refractivity contribution in [2.45, 2.75) is 27.2 Å². The van der Waals surface area contributed by atoms with E-state index < -0.39 is 0 Å². The molecule has 0 bridgehead atoms. The van der Waals surface area contributed by atoms with Crippen LogP contribution in [0.3, 0.4) is 0 Å². The van der Waals surface area contributed by atoms with Crippen LogP contribution < -0.4 is 5.32 Å². The maximum Gasteiger partial charge on any atom is 0.170 e. The second-order valence-electron chi connectivity index (χ2n) is 5.53. The zero-order valence-electron chi connectivity index (χ0n) is 11.2. The number of carbonyl (C=O) groups is 1. The van der Waals surface area contributed by atoms with Gasteiger partial charge >= 0.3 is 0 Å². The SMILES string of the molecule is Cc1ccc(F)cc1C(=O)C1(C(C)C)CCNC1. The normalized spacial score (nSPS) is 23.6. The predicted molar refractivity (Wildman–Crippen MR) is 70.2 cm³/mol. The Hall–Kier alpha value is -1.22. The van der Waals surface area contributed by atoms with E-state index in [2.05, 4.69) is 19.2 Å². The zero-order chi connectivity index (χ0) is 13.3. The zero-order valence-corrected chi connectivity index (χ0v) is 11.2. The third kappa shape index (κ3) is 2.07. The largest absolute Gasteiger partial charge is 0.316 e. The van der Waals surface area contributed by atoms with Crippen molar-refractivity contribution in [3.8, 4) is 0 Å². The summed E-state index contributed by atoms with van der Waals surface area (Å²) < 4.78 is 13.4. The fourth-order valence-electron chi connectivity index (χ4n) is 2.77. The van der Waals surface area contributed by atoms with Crippen molar-refractivity contribution >= 4 is 5.78 Å². The number of ketones is 1. The Bertz CT molecular complexity index is 462. The fourth-order valence-corrected chi connectivity index (χ4v) is 2.77. The number of benzene rings is 1. The summed E-state index contributed by atoms with van der Waals surface area (Å²) in [6.45, 7) is 7.56. The lowest BCUT2D eigenvalue weighted by Gasteiger charge is -2.31. The molecule has 0 aromatic heterocycles. The van der Waals surface area contributed by atoms with Crippen molar-refractivity contribution in [1.82, 2.24) is 5.32 Å². The summed E-state index contributed by atoms with van der Waals surface area (Å²) in [6.07, 6.45) is 0.833. The lowest BCUT2D eigenvalue weighted by molar-refractivity contribution is 0.0738. The molecule has 98 valence electrons. The summed E-state index contributed by atoms with van der Waals surface area (Å²) in [5, 5.41) is 3.26. The first-order valence-corrected chi connectivity index (χ1v) is 6.49. The number of halogens is 1. The summed E-state index contributed by atoms with van der Waals surface area (Å²) >= 11 is 0. The van der Waals surface area contributed by atoms with Crippen molar-refractivity contribution in [3.05, 3.63) is 35.1 Å². The summed E-state index contributed by atoms with van der Waals surface area (Å²) in [5.74, 6) is -0.00372. The third-order valence-corrected chi connectivity index (χ3v) is 4.19. The predicted octanol–water partition coefficient (Wildman–Crippen LogP) is 2.95.